The van der Waals surface area contributed by atoms with E-state index in [9.17, 15) is 4.79 Å². The van der Waals surface area contributed by atoms with Gasteiger partial charge in [0.1, 0.15) is 0 Å². The molecule has 3 fully saturated rings. The number of hydrazone groups is 1. The molecule has 0 spiro atoms. The van der Waals surface area contributed by atoms with Crippen LogP contribution in [-0.2, 0) is 4.79 Å². The Morgan fingerprint density at radius 1 is 1.20 bits per heavy atom. The van der Waals surface area contributed by atoms with Crippen LogP contribution in [0.2, 0.25) is 0 Å². The second kappa shape index (κ2) is 3.62. The SMILES string of the molecule is O=C(N/N=C\C1CC2CCC1C2)C1CC1. The summed E-state index contributed by atoms with van der Waals surface area (Å²) in [6.07, 6.45) is 9.58. The molecule has 3 atom stereocenters. The third-order valence-electron chi connectivity index (χ3n) is 4.18. The van der Waals surface area contributed by atoms with Crippen LogP contribution in [0.25, 0.3) is 0 Å². The van der Waals surface area contributed by atoms with Crippen molar-refractivity contribution in [2.24, 2.45) is 28.8 Å². The number of nitrogens with zero attached hydrogens (tertiary/aromatic N) is 1. The van der Waals surface area contributed by atoms with Gasteiger partial charge in [-0.2, -0.15) is 5.10 Å². The van der Waals surface area contributed by atoms with Gasteiger partial charge in [0.2, 0.25) is 5.91 Å². The molecule has 0 aromatic heterocycles. The van der Waals surface area contributed by atoms with E-state index >= 15 is 0 Å². The van der Waals surface area contributed by atoms with Gasteiger partial charge < -0.3 is 0 Å². The normalized spacial score (nSPS) is 38.8. The van der Waals surface area contributed by atoms with Gasteiger partial charge in [-0.1, -0.05) is 6.42 Å². The number of amides is 1. The van der Waals surface area contributed by atoms with E-state index in [1.807, 2.05) is 6.21 Å². The zero-order valence-corrected chi connectivity index (χ0v) is 8.98. The lowest BCUT2D eigenvalue weighted by molar-refractivity contribution is -0.122. The second-order valence-corrected chi connectivity index (χ2v) is 5.37. The average Bonchev–Trinajstić information content (AvgIpc) is 2.90. The summed E-state index contributed by atoms with van der Waals surface area (Å²) in [5.41, 5.74) is 2.66. The van der Waals surface area contributed by atoms with Crippen LogP contribution in [-0.4, -0.2) is 12.1 Å². The summed E-state index contributed by atoms with van der Waals surface area (Å²) < 4.78 is 0. The molecular weight excluding hydrogens is 188 g/mol. The van der Waals surface area contributed by atoms with E-state index in [0.717, 1.165) is 24.7 Å². The summed E-state index contributed by atoms with van der Waals surface area (Å²) >= 11 is 0. The van der Waals surface area contributed by atoms with Crippen molar-refractivity contribution in [3.8, 4) is 0 Å². The smallest absolute Gasteiger partial charge is 0.243 e. The molecule has 1 amide bonds. The minimum Gasteiger partial charge on any atom is -0.273 e. The molecule has 3 nitrogen and oxygen atoms in total. The van der Waals surface area contributed by atoms with E-state index in [-0.39, 0.29) is 11.8 Å². The van der Waals surface area contributed by atoms with E-state index in [2.05, 4.69) is 10.5 Å². The summed E-state index contributed by atoms with van der Waals surface area (Å²) in [6, 6.07) is 0. The van der Waals surface area contributed by atoms with Crippen LogP contribution < -0.4 is 5.43 Å². The van der Waals surface area contributed by atoms with Crippen molar-refractivity contribution in [3.05, 3.63) is 0 Å². The number of nitrogens with one attached hydrogen (secondary N) is 1. The van der Waals surface area contributed by atoms with Gasteiger partial charge in [0.15, 0.2) is 0 Å². The molecule has 3 rings (SSSR count). The molecule has 0 radical (unpaired) electrons. The molecule has 3 heteroatoms. The molecule has 0 heterocycles. The van der Waals surface area contributed by atoms with Crippen molar-refractivity contribution in [2.75, 3.05) is 0 Å². The highest BCUT2D eigenvalue weighted by Crippen LogP contribution is 2.47. The van der Waals surface area contributed by atoms with Crippen molar-refractivity contribution in [3.63, 3.8) is 0 Å². The number of rotatable bonds is 3. The molecule has 0 saturated heterocycles. The van der Waals surface area contributed by atoms with Crippen molar-refractivity contribution in [1.82, 2.24) is 5.43 Å². The lowest BCUT2D eigenvalue weighted by Crippen LogP contribution is -2.21. The van der Waals surface area contributed by atoms with E-state index in [1.165, 1.54) is 25.7 Å². The predicted molar refractivity (Wildman–Crippen MR) is 58.3 cm³/mol. The van der Waals surface area contributed by atoms with E-state index in [1.54, 1.807) is 0 Å². The van der Waals surface area contributed by atoms with Gasteiger partial charge in [-0.05, 0) is 49.9 Å². The quantitative estimate of drug-likeness (QED) is 0.556. The summed E-state index contributed by atoms with van der Waals surface area (Å²) in [5, 5.41) is 4.11. The molecule has 3 aliphatic rings. The van der Waals surface area contributed by atoms with Gasteiger partial charge >= 0.3 is 0 Å². The second-order valence-electron chi connectivity index (χ2n) is 5.37. The average molecular weight is 206 g/mol. The van der Waals surface area contributed by atoms with Gasteiger partial charge in [0, 0.05) is 12.1 Å². The first-order valence-electron chi connectivity index (χ1n) is 6.16. The first-order chi connectivity index (χ1) is 7.33. The minimum absolute atomic E-state index is 0.120. The first kappa shape index (κ1) is 9.37. The van der Waals surface area contributed by atoms with Crippen LogP contribution in [0.1, 0.15) is 38.5 Å². The molecule has 0 aromatic rings. The fraction of sp³-hybridized carbons (Fsp3) is 0.833. The van der Waals surface area contributed by atoms with Crippen molar-refractivity contribution < 1.29 is 4.79 Å². The number of carbonyl (C=O) groups is 1. The maximum Gasteiger partial charge on any atom is 0.243 e. The Labute approximate surface area is 90.3 Å². The summed E-state index contributed by atoms with van der Waals surface area (Å²) in [4.78, 5) is 11.3. The third-order valence-corrected chi connectivity index (χ3v) is 4.18. The molecular formula is C12H18N2O. The number of hydrogen-bond acceptors (Lipinski definition) is 2. The van der Waals surface area contributed by atoms with Crippen LogP contribution >= 0.6 is 0 Å². The topological polar surface area (TPSA) is 41.5 Å². The van der Waals surface area contributed by atoms with E-state index in [4.69, 9.17) is 0 Å². The molecule has 15 heavy (non-hydrogen) atoms. The minimum atomic E-state index is 0.120. The predicted octanol–water partition coefficient (Wildman–Crippen LogP) is 1.93. The Bertz CT molecular complexity index is 296. The fourth-order valence-electron chi connectivity index (χ4n) is 3.11. The lowest BCUT2D eigenvalue weighted by Gasteiger charge is -2.16. The largest absolute Gasteiger partial charge is 0.273 e. The Hall–Kier alpha value is -0.860. The summed E-state index contributed by atoms with van der Waals surface area (Å²) in [7, 11) is 0. The van der Waals surface area contributed by atoms with Crippen LogP contribution in [0.3, 0.4) is 0 Å². The number of hydrogen-bond donors (Lipinski definition) is 1. The standard InChI is InChI=1S/C12H18N2O/c15-12(9-3-4-9)14-13-7-11-6-8-1-2-10(11)5-8/h7-11H,1-6H2,(H,14,15)/b13-7-. The van der Waals surface area contributed by atoms with E-state index in [0.29, 0.717) is 5.92 Å². The van der Waals surface area contributed by atoms with Crippen molar-refractivity contribution in [2.45, 2.75) is 38.5 Å². The van der Waals surface area contributed by atoms with Crippen LogP contribution in [0.15, 0.2) is 5.10 Å². The van der Waals surface area contributed by atoms with Gasteiger partial charge in [-0.3, -0.25) is 4.79 Å². The van der Waals surface area contributed by atoms with Crippen LogP contribution in [0.4, 0.5) is 0 Å². The maximum absolute atomic E-state index is 11.3. The highest BCUT2D eigenvalue weighted by Gasteiger charge is 2.38. The molecule has 3 unspecified atom stereocenters. The van der Waals surface area contributed by atoms with Crippen LogP contribution in [0.5, 0.6) is 0 Å². The van der Waals surface area contributed by atoms with Crippen LogP contribution in [0, 0.1) is 23.7 Å². The molecule has 1 N–H and O–H groups in total. The fourth-order valence-corrected chi connectivity index (χ4v) is 3.11. The van der Waals surface area contributed by atoms with Gasteiger partial charge in [-0.25, -0.2) is 5.43 Å². The highest BCUT2D eigenvalue weighted by molar-refractivity contribution is 5.81. The Morgan fingerprint density at radius 2 is 2.07 bits per heavy atom. The van der Waals surface area contributed by atoms with Crippen molar-refractivity contribution >= 4 is 12.1 Å². The molecule has 0 aliphatic heterocycles. The first-order valence-corrected chi connectivity index (χ1v) is 6.16. The molecule has 3 aliphatic carbocycles. The number of carbonyl (C=O) groups excluding carboxylic acids is 1. The Balaban J connectivity index is 1.48. The molecule has 2 bridgehead atoms. The zero-order valence-electron chi connectivity index (χ0n) is 8.98. The molecule has 3 saturated carbocycles. The van der Waals surface area contributed by atoms with Gasteiger partial charge in [0.05, 0.1) is 0 Å². The summed E-state index contributed by atoms with van der Waals surface area (Å²) in [6.45, 7) is 0. The highest BCUT2D eigenvalue weighted by atomic mass is 16.2. The maximum atomic E-state index is 11.3. The zero-order chi connectivity index (χ0) is 10.3. The van der Waals surface area contributed by atoms with Crippen molar-refractivity contribution in [1.29, 1.82) is 0 Å². The Morgan fingerprint density at radius 3 is 2.67 bits per heavy atom. The Kier molecular flexibility index (Phi) is 2.26. The molecule has 0 aromatic carbocycles. The third kappa shape index (κ3) is 1.92. The van der Waals surface area contributed by atoms with Gasteiger partial charge in [0.25, 0.3) is 0 Å². The molecule has 82 valence electrons. The monoisotopic (exact) mass is 206 g/mol. The van der Waals surface area contributed by atoms with Gasteiger partial charge in [-0.15, -0.1) is 0 Å². The number of fused-ring (bicyclic) bond motifs is 2. The van der Waals surface area contributed by atoms with E-state index < -0.39 is 0 Å². The lowest BCUT2D eigenvalue weighted by atomic mass is 9.90. The summed E-state index contributed by atoms with van der Waals surface area (Å²) in [5.74, 6) is 2.84.